The standard InChI is InChI=1S/C9H16ClNO4S/c1-2-15-9(12)8-3-5-11(6-4-8)16(13,14)7-10/h8H,2-7H2,1H3. The third-order valence-corrected chi connectivity index (χ3v) is 4.86. The molecular formula is C9H16ClNO4S. The average molecular weight is 270 g/mol. The van der Waals surface area contributed by atoms with Gasteiger partial charge in [0.1, 0.15) is 5.21 Å². The summed E-state index contributed by atoms with van der Waals surface area (Å²) < 4.78 is 29.1. The predicted molar refractivity (Wildman–Crippen MR) is 60.6 cm³/mol. The molecule has 0 N–H and O–H groups in total. The van der Waals surface area contributed by atoms with Crippen molar-refractivity contribution in [2.24, 2.45) is 5.92 Å². The zero-order valence-corrected chi connectivity index (χ0v) is 10.8. The maximum Gasteiger partial charge on any atom is 0.309 e. The number of alkyl halides is 1. The fourth-order valence-corrected chi connectivity index (χ4v) is 3.02. The number of sulfonamides is 1. The van der Waals surface area contributed by atoms with E-state index in [1.54, 1.807) is 6.92 Å². The Hall–Kier alpha value is -0.330. The quantitative estimate of drug-likeness (QED) is 0.559. The summed E-state index contributed by atoms with van der Waals surface area (Å²) in [4.78, 5) is 11.4. The van der Waals surface area contributed by atoms with Gasteiger partial charge in [-0.3, -0.25) is 4.79 Å². The van der Waals surface area contributed by atoms with Crippen LogP contribution in [0.15, 0.2) is 0 Å². The largest absolute Gasteiger partial charge is 0.466 e. The Morgan fingerprint density at radius 1 is 1.44 bits per heavy atom. The van der Waals surface area contributed by atoms with Crippen LogP contribution in [0.1, 0.15) is 19.8 Å². The van der Waals surface area contributed by atoms with Crippen molar-refractivity contribution < 1.29 is 17.9 Å². The van der Waals surface area contributed by atoms with Crippen LogP contribution in [0.25, 0.3) is 0 Å². The number of esters is 1. The van der Waals surface area contributed by atoms with Gasteiger partial charge in [0, 0.05) is 13.1 Å². The highest BCUT2D eigenvalue weighted by Crippen LogP contribution is 2.21. The molecule has 0 aliphatic carbocycles. The normalized spacial score (nSPS) is 19.6. The van der Waals surface area contributed by atoms with Crippen molar-refractivity contribution in [2.45, 2.75) is 19.8 Å². The van der Waals surface area contributed by atoms with Gasteiger partial charge >= 0.3 is 5.97 Å². The number of hydrogen-bond acceptors (Lipinski definition) is 4. The van der Waals surface area contributed by atoms with Crippen LogP contribution >= 0.6 is 11.6 Å². The first kappa shape index (κ1) is 13.7. The summed E-state index contributed by atoms with van der Waals surface area (Å²) in [6, 6.07) is 0. The van der Waals surface area contributed by atoms with Crippen LogP contribution in [0, 0.1) is 5.92 Å². The summed E-state index contributed by atoms with van der Waals surface area (Å²) in [6.45, 7) is 2.81. The Balaban J connectivity index is 2.49. The number of hydrogen-bond donors (Lipinski definition) is 0. The minimum absolute atomic E-state index is 0.179. The smallest absolute Gasteiger partial charge is 0.309 e. The van der Waals surface area contributed by atoms with Gasteiger partial charge in [0.05, 0.1) is 12.5 Å². The number of nitrogens with zero attached hydrogens (tertiary/aromatic N) is 1. The zero-order valence-electron chi connectivity index (χ0n) is 9.19. The summed E-state index contributed by atoms with van der Waals surface area (Å²) in [5.41, 5.74) is 0. The molecule has 7 heteroatoms. The molecule has 0 amide bonds. The van der Waals surface area contributed by atoms with E-state index in [9.17, 15) is 13.2 Å². The van der Waals surface area contributed by atoms with Crippen molar-refractivity contribution in [3.05, 3.63) is 0 Å². The second kappa shape index (κ2) is 5.84. The number of halogens is 1. The second-order valence-corrected chi connectivity index (χ2v) is 6.20. The van der Waals surface area contributed by atoms with Gasteiger partial charge in [-0.2, -0.15) is 0 Å². The molecule has 0 aromatic carbocycles. The lowest BCUT2D eigenvalue weighted by Crippen LogP contribution is -2.41. The predicted octanol–water partition coefficient (Wildman–Crippen LogP) is 0.788. The molecule has 94 valence electrons. The van der Waals surface area contributed by atoms with E-state index in [1.807, 2.05) is 0 Å². The maximum atomic E-state index is 11.4. The van der Waals surface area contributed by atoms with Crippen molar-refractivity contribution in [2.75, 3.05) is 24.9 Å². The van der Waals surface area contributed by atoms with Gasteiger partial charge in [-0.05, 0) is 19.8 Å². The molecule has 0 unspecified atom stereocenters. The first-order valence-corrected chi connectivity index (χ1v) is 7.36. The molecule has 0 saturated carbocycles. The minimum atomic E-state index is -3.34. The lowest BCUT2D eigenvalue weighted by molar-refractivity contribution is -0.149. The van der Waals surface area contributed by atoms with Crippen molar-refractivity contribution in [3.63, 3.8) is 0 Å². The van der Waals surface area contributed by atoms with Crippen LogP contribution in [0.5, 0.6) is 0 Å². The van der Waals surface area contributed by atoms with Crippen LogP contribution in [0.4, 0.5) is 0 Å². The molecule has 0 radical (unpaired) electrons. The van der Waals surface area contributed by atoms with Crippen LogP contribution in [-0.2, 0) is 19.6 Å². The number of rotatable bonds is 4. The maximum absolute atomic E-state index is 11.4. The fraction of sp³-hybridized carbons (Fsp3) is 0.889. The molecule has 0 bridgehead atoms. The molecular weight excluding hydrogens is 254 g/mol. The van der Waals surface area contributed by atoms with Gasteiger partial charge in [0.25, 0.3) is 0 Å². The minimum Gasteiger partial charge on any atom is -0.466 e. The first-order chi connectivity index (χ1) is 7.51. The molecule has 1 saturated heterocycles. The summed E-state index contributed by atoms with van der Waals surface area (Å²) in [6.07, 6.45) is 1.02. The van der Waals surface area contributed by atoms with Crippen molar-refractivity contribution in [1.82, 2.24) is 4.31 Å². The van der Waals surface area contributed by atoms with Gasteiger partial charge in [0.2, 0.25) is 10.0 Å². The highest BCUT2D eigenvalue weighted by molar-refractivity contribution is 7.90. The molecule has 0 atom stereocenters. The topological polar surface area (TPSA) is 63.7 Å². The lowest BCUT2D eigenvalue weighted by atomic mass is 9.98. The molecule has 1 heterocycles. The molecule has 1 aliphatic heterocycles. The van der Waals surface area contributed by atoms with E-state index >= 15 is 0 Å². The Bertz CT molecular complexity index is 335. The number of carbonyl (C=O) groups is 1. The van der Waals surface area contributed by atoms with Crippen LogP contribution in [-0.4, -0.2) is 43.6 Å². The van der Waals surface area contributed by atoms with Gasteiger partial charge in [-0.25, -0.2) is 12.7 Å². The van der Waals surface area contributed by atoms with Crippen LogP contribution < -0.4 is 0 Å². The van der Waals surface area contributed by atoms with Crippen molar-refractivity contribution in [3.8, 4) is 0 Å². The van der Waals surface area contributed by atoms with Gasteiger partial charge in [-0.15, -0.1) is 11.6 Å². The van der Waals surface area contributed by atoms with E-state index < -0.39 is 15.2 Å². The third kappa shape index (κ3) is 3.33. The summed E-state index contributed by atoms with van der Waals surface area (Å²) in [5.74, 6) is -0.410. The van der Waals surface area contributed by atoms with E-state index in [1.165, 1.54) is 4.31 Å². The summed E-state index contributed by atoms with van der Waals surface area (Å²) in [5, 5.41) is -0.406. The van der Waals surface area contributed by atoms with E-state index in [0.717, 1.165) is 0 Å². The monoisotopic (exact) mass is 269 g/mol. The van der Waals surface area contributed by atoms with Gasteiger partial charge < -0.3 is 4.74 Å². The molecule has 0 spiro atoms. The molecule has 1 fully saturated rings. The lowest BCUT2D eigenvalue weighted by Gasteiger charge is -2.29. The average Bonchev–Trinajstić information content (AvgIpc) is 2.29. The molecule has 0 aromatic heterocycles. The second-order valence-electron chi connectivity index (χ2n) is 3.65. The van der Waals surface area contributed by atoms with Crippen LogP contribution in [0.2, 0.25) is 0 Å². The van der Waals surface area contributed by atoms with Gasteiger partial charge in [0.15, 0.2) is 0 Å². The molecule has 5 nitrogen and oxygen atoms in total. The Morgan fingerprint density at radius 3 is 2.44 bits per heavy atom. The van der Waals surface area contributed by atoms with E-state index in [0.29, 0.717) is 32.5 Å². The Morgan fingerprint density at radius 2 is 2.00 bits per heavy atom. The molecule has 16 heavy (non-hydrogen) atoms. The van der Waals surface area contributed by atoms with Crippen molar-refractivity contribution in [1.29, 1.82) is 0 Å². The van der Waals surface area contributed by atoms with E-state index in [4.69, 9.17) is 16.3 Å². The Labute approximate surface area is 101 Å². The highest BCUT2D eigenvalue weighted by atomic mass is 35.5. The molecule has 1 rings (SSSR count). The van der Waals surface area contributed by atoms with E-state index in [2.05, 4.69) is 0 Å². The third-order valence-electron chi connectivity index (χ3n) is 2.61. The molecule has 1 aliphatic rings. The number of carbonyl (C=O) groups excluding carboxylic acids is 1. The molecule has 0 aromatic rings. The van der Waals surface area contributed by atoms with Crippen LogP contribution in [0.3, 0.4) is 0 Å². The summed E-state index contributed by atoms with van der Waals surface area (Å²) in [7, 11) is -3.34. The number of ether oxygens (including phenoxy) is 1. The van der Waals surface area contributed by atoms with E-state index in [-0.39, 0.29) is 11.9 Å². The Kier molecular flexibility index (Phi) is 5.01. The first-order valence-electron chi connectivity index (χ1n) is 5.21. The SMILES string of the molecule is CCOC(=O)C1CCN(S(=O)(=O)CCl)CC1. The van der Waals surface area contributed by atoms with Gasteiger partial charge in [-0.1, -0.05) is 0 Å². The fourth-order valence-electron chi connectivity index (χ4n) is 1.70. The van der Waals surface area contributed by atoms with Crippen molar-refractivity contribution >= 4 is 27.6 Å². The summed E-state index contributed by atoms with van der Waals surface area (Å²) >= 11 is 5.35. The number of piperidine rings is 1. The zero-order chi connectivity index (χ0) is 12.2. The highest BCUT2D eigenvalue weighted by Gasteiger charge is 2.31.